The van der Waals surface area contributed by atoms with E-state index < -0.39 is 0 Å². The molecule has 0 saturated heterocycles. The summed E-state index contributed by atoms with van der Waals surface area (Å²) < 4.78 is 1.81. The topological polar surface area (TPSA) is 38.5 Å². The molecule has 0 amide bonds. The third-order valence-electron chi connectivity index (χ3n) is 3.69. The van der Waals surface area contributed by atoms with Crippen molar-refractivity contribution in [2.45, 2.75) is 13.8 Å². The highest BCUT2D eigenvalue weighted by atomic mass is 16.1. The molecule has 0 aliphatic carbocycles. The van der Waals surface area contributed by atoms with Crippen LogP contribution >= 0.6 is 0 Å². The zero-order chi connectivity index (χ0) is 15.0. The second kappa shape index (κ2) is 5.02. The molecule has 0 N–H and O–H groups in total. The Morgan fingerprint density at radius 1 is 0.952 bits per heavy atom. The molecule has 3 aromatic rings. The van der Waals surface area contributed by atoms with E-state index in [9.17, 15) is 9.59 Å². The molecule has 21 heavy (non-hydrogen) atoms. The van der Waals surface area contributed by atoms with Crippen molar-refractivity contribution < 1.29 is 9.59 Å². The van der Waals surface area contributed by atoms with Crippen molar-refractivity contribution in [3.63, 3.8) is 0 Å². The summed E-state index contributed by atoms with van der Waals surface area (Å²) in [5.41, 5.74) is 3.32. The largest absolute Gasteiger partial charge is 0.313 e. The average molecular weight is 277 g/mol. The average Bonchev–Trinajstić information content (AvgIpc) is 2.79. The van der Waals surface area contributed by atoms with Crippen molar-refractivity contribution in [2.24, 2.45) is 0 Å². The zero-order valence-corrected chi connectivity index (χ0v) is 12.0. The highest BCUT2D eigenvalue weighted by molar-refractivity contribution is 6.13. The Bertz CT molecular complexity index is 844. The van der Waals surface area contributed by atoms with Gasteiger partial charge >= 0.3 is 0 Å². The fourth-order valence-electron chi connectivity index (χ4n) is 2.78. The van der Waals surface area contributed by atoms with Gasteiger partial charge in [0.05, 0.1) is 11.2 Å². The summed E-state index contributed by atoms with van der Waals surface area (Å²) in [6.45, 7) is 3.37. The standard InChI is InChI=1S/C18H15NO2/c1-12-16(13(2)20)15-10-6-7-11-19(15)17(12)18(21)14-8-4-3-5-9-14/h3-11H,1-2H3. The Morgan fingerprint density at radius 3 is 2.29 bits per heavy atom. The predicted octanol–water partition coefficient (Wildman–Crippen LogP) is 3.68. The first-order valence-corrected chi connectivity index (χ1v) is 6.81. The first-order valence-electron chi connectivity index (χ1n) is 6.81. The molecule has 0 aliphatic rings. The Morgan fingerprint density at radius 2 is 1.62 bits per heavy atom. The number of rotatable bonds is 3. The van der Waals surface area contributed by atoms with Crippen LogP contribution in [0.5, 0.6) is 0 Å². The van der Waals surface area contributed by atoms with Gasteiger partial charge in [0.2, 0.25) is 5.78 Å². The number of aromatic nitrogens is 1. The van der Waals surface area contributed by atoms with E-state index in [-0.39, 0.29) is 11.6 Å². The van der Waals surface area contributed by atoms with E-state index in [0.717, 1.165) is 11.1 Å². The molecule has 3 rings (SSSR count). The maximum Gasteiger partial charge on any atom is 0.210 e. The van der Waals surface area contributed by atoms with Crippen LogP contribution < -0.4 is 0 Å². The lowest BCUT2D eigenvalue weighted by atomic mass is 10.0. The summed E-state index contributed by atoms with van der Waals surface area (Å²) in [4.78, 5) is 24.7. The molecule has 0 fully saturated rings. The molecule has 0 saturated carbocycles. The molecule has 3 nitrogen and oxygen atoms in total. The van der Waals surface area contributed by atoms with Crippen molar-refractivity contribution in [1.82, 2.24) is 4.40 Å². The third-order valence-corrected chi connectivity index (χ3v) is 3.69. The number of nitrogens with zero attached hydrogens (tertiary/aromatic N) is 1. The van der Waals surface area contributed by atoms with Gasteiger partial charge in [0.25, 0.3) is 0 Å². The quantitative estimate of drug-likeness (QED) is 0.685. The molecule has 2 heterocycles. The normalized spacial score (nSPS) is 10.8. The summed E-state index contributed by atoms with van der Waals surface area (Å²) in [5, 5.41) is 0. The van der Waals surface area contributed by atoms with Gasteiger partial charge in [0.1, 0.15) is 0 Å². The first-order chi connectivity index (χ1) is 10.1. The van der Waals surface area contributed by atoms with Crippen molar-refractivity contribution in [3.05, 3.63) is 77.1 Å². The van der Waals surface area contributed by atoms with Gasteiger partial charge in [-0.05, 0) is 31.5 Å². The van der Waals surface area contributed by atoms with Crippen molar-refractivity contribution in [2.75, 3.05) is 0 Å². The molecular weight excluding hydrogens is 262 g/mol. The van der Waals surface area contributed by atoms with Gasteiger partial charge in [-0.25, -0.2) is 0 Å². The molecule has 0 atom stereocenters. The number of fused-ring (bicyclic) bond motifs is 1. The number of ketones is 2. The molecule has 0 unspecified atom stereocenters. The van der Waals surface area contributed by atoms with Gasteiger partial charge in [-0.2, -0.15) is 0 Å². The summed E-state index contributed by atoms with van der Waals surface area (Å²) in [6.07, 6.45) is 1.82. The van der Waals surface area contributed by atoms with E-state index in [1.54, 1.807) is 16.5 Å². The minimum Gasteiger partial charge on any atom is -0.313 e. The second-order valence-corrected chi connectivity index (χ2v) is 5.06. The van der Waals surface area contributed by atoms with Crippen LogP contribution in [0, 0.1) is 6.92 Å². The lowest BCUT2D eigenvalue weighted by molar-refractivity contribution is 0.101. The Labute approximate surface area is 122 Å². The van der Waals surface area contributed by atoms with Crippen LogP contribution in [0.25, 0.3) is 5.52 Å². The van der Waals surface area contributed by atoms with E-state index in [1.807, 2.05) is 49.5 Å². The number of pyridine rings is 1. The highest BCUT2D eigenvalue weighted by Gasteiger charge is 2.22. The zero-order valence-electron chi connectivity index (χ0n) is 12.0. The predicted molar refractivity (Wildman–Crippen MR) is 82.0 cm³/mol. The van der Waals surface area contributed by atoms with Crippen LogP contribution in [0.1, 0.15) is 38.9 Å². The monoisotopic (exact) mass is 277 g/mol. The lowest BCUT2D eigenvalue weighted by Gasteiger charge is -2.03. The van der Waals surface area contributed by atoms with Crippen molar-refractivity contribution in [3.8, 4) is 0 Å². The summed E-state index contributed by atoms with van der Waals surface area (Å²) >= 11 is 0. The number of hydrogen-bond donors (Lipinski definition) is 0. The SMILES string of the molecule is CC(=O)c1c(C)c(C(=O)c2ccccc2)n2ccccc12. The van der Waals surface area contributed by atoms with Crippen LogP contribution in [-0.4, -0.2) is 16.0 Å². The summed E-state index contributed by atoms with van der Waals surface area (Å²) in [6, 6.07) is 14.7. The Kier molecular flexibility index (Phi) is 3.18. The fourth-order valence-corrected chi connectivity index (χ4v) is 2.78. The number of Topliss-reactive ketones (excluding diaryl/α,β-unsaturated/α-hetero) is 1. The number of carbonyl (C=O) groups excluding carboxylic acids is 2. The molecular formula is C18H15NO2. The highest BCUT2D eigenvalue weighted by Crippen LogP contribution is 2.25. The Balaban J connectivity index is 2.31. The third kappa shape index (κ3) is 2.07. The lowest BCUT2D eigenvalue weighted by Crippen LogP contribution is -2.06. The molecule has 1 aromatic carbocycles. The van der Waals surface area contributed by atoms with E-state index in [2.05, 4.69) is 0 Å². The van der Waals surface area contributed by atoms with E-state index in [0.29, 0.717) is 16.8 Å². The number of benzene rings is 1. The minimum absolute atomic E-state index is 0.0247. The number of carbonyl (C=O) groups is 2. The van der Waals surface area contributed by atoms with Gasteiger partial charge < -0.3 is 4.40 Å². The maximum atomic E-state index is 12.8. The molecule has 0 radical (unpaired) electrons. The van der Waals surface area contributed by atoms with Crippen LogP contribution in [0.15, 0.2) is 54.7 Å². The second-order valence-electron chi connectivity index (χ2n) is 5.06. The first kappa shape index (κ1) is 13.3. The summed E-state index contributed by atoms with van der Waals surface area (Å²) in [7, 11) is 0. The number of hydrogen-bond acceptors (Lipinski definition) is 2. The smallest absolute Gasteiger partial charge is 0.210 e. The fraction of sp³-hybridized carbons (Fsp3) is 0.111. The van der Waals surface area contributed by atoms with Crippen molar-refractivity contribution >= 4 is 17.1 Å². The van der Waals surface area contributed by atoms with E-state index >= 15 is 0 Å². The van der Waals surface area contributed by atoms with Crippen LogP contribution in [0.4, 0.5) is 0 Å². The molecule has 0 bridgehead atoms. The minimum atomic E-state index is -0.0678. The van der Waals surface area contributed by atoms with E-state index in [1.165, 1.54) is 6.92 Å². The van der Waals surface area contributed by atoms with Gasteiger partial charge in [-0.1, -0.05) is 36.4 Å². The maximum absolute atomic E-state index is 12.8. The Hall–Kier alpha value is -2.68. The van der Waals surface area contributed by atoms with Crippen LogP contribution in [0.2, 0.25) is 0 Å². The van der Waals surface area contributed by atoms with Gasteiger partial charge in [0.15, 0.2) is 5.78 Å². The van der Waals surface area contributed by atoms with Crippen LogP contribution in [0.3, 0.4) is 0 Å². The molecule has 3 heteroatoms. The summed E-state index contributed by atoms with van der Waals surface area (Å²) in [5.74, 6) is -0.0925. The molecule has 0 aliphatic heterocycles. The molecule has 104 valence electrons. The molecule has 0 spiro atoms. The van der Waals surface area contributed by atoms with Gasteiger partial charge in [-0.3, -0.25) is 9.59 Å². The van der Waals surface area contributed by atoms with Gasteiger partial charge in [0, 0.05) is 17.3 Å². The van der Waals surface area contributed by atoms with Crippen LogP contribution in [-0.2, 0) is 0 Å². The molecule has 2 aromatic heterocycles. The van der Waals surface area contributed by atoms with Crippen molar-refractivity contribution in [1.29, 1.82) is 0 Å². The van der Waals surface area contributed by atoms with Gasteiger partial charge in [-0.15, -0.1) is 0 Å². The van der Waals surface area contributed by atoms with E-state index in [4.69, 9.17) is 0 Å².